The molecule has 28 heavy (non-hydrogen) atoms. The number of hydrogen-bond acceptors (Lipinski definition) is 4. The smallest absolute Gasteiger partial charge is 0.229 e. The van der Waals surface area contributed by atoms with Crippen LogP contribution in [0, 0.1) is 28.6 Å². The minimum absolute atomic E-state index is 0.284. The number of carbonyl (C=O) groups excluding carboxylic acids is 1. The van der Waals surface area contributed by atoms with Gasteiger partial charge in [0.1, 0.15) is 0 Å². The summed E-state index contributed by atoms with van der Waals surface area (Å²) < 4.78 is 0. The second-order valence-electron chi connectivity index (χ2n) is 9.84. The number of benzene rings is 1. The first-order chi connectivity index (χ1) is 13.5. The average Bonchev–Trinajstić information content (AvgIpc) is 2.67. The molecule has 4 aliphatic carbocycles. The minimum atomic E-state index is -0.572. The number of rotatable bonds is 3. The quantitative estimate of drug-likeness (QED) is 0.876. The highest BCUT2D eigenvalue weighted by atomic mass is 16.3. The molecular weight excluding hydrogens is 350 g/mol. The zero-order valence-corrected chi connectivity index (χ0v) is 16.4. The molecule has 0 radical (unpaired) electrons. The van der Waals surface area contributed by atoms with Crippen LogP contribution in [0.4, 0.5) is 0 Å². The SMILES string of the molecule is N#Cc1ccc(CN2CCN(C(=O)C34C[C@H]5C[C@@H](CC(O)(C5)C3)C4)CC2)cc1. The van der Waals surface area contributed by atoms with Gasteiger partial charge in [-0.1, -0.05) is 12.1 Å². The first-order valence-corrected chi connectivity index (χ1v) is 10.7. The fraction of sp³-hybridized carbons (Fsp3) is 0.652. The van der Waals surface area contributed by atoms with Gasteiger partial charge in [-0.15, -0.1) is 0 Å². The molecule has 0 spiro atoms. The summed E-state index contributed by atoms with van der Waals surface area (Å²) in [6, 6.07) is 9.93. The van der Waals surface area contributed by atoms with E-state index in [0.29, 0.717) is 29.7 Å². The zero-order valence-electron chi connectivity index (χ0n) is 16.4. The molecule has 5 heteroatoms. The van der Waals surface area contributed by atoms with Crippen LogP contribution in [0.25, 0.3) is 0 Å². The minimum Gasteiger partial charge on any atom is -0.390 e. The lowest BCUT2D eigenvalue weighted by Gasteiger charge is -2.60. The van der Waals surface area contributed by atoms with Crippen molar-refractivity contribution in [3.63, 3.8) is 0 Å². The maximum Gasteiger partial charge on any atom is 0.229 e. The number of aliphatic hydroxyl groups is 1. The van der Waals surface area contributed by atoms with Gasteiger partial charge in [0.25, 0.3) is 0 Å². The molecule has 1 amide bonds. The third-order valence-corrected chi connectivity index (χ3v) is 7.63. The van der Waals surface area contributed by atoms with Gasteiger partial charge >= 0.3 is 0 Å². The molecule has 2 atom stereocenters. The summed E-state index contributed by atoms with van der Waals surface area (Å²) in [4.78, 5) is 18.0. The Morgan fingerprint density at radius 3 is 2.29 bits per heavy atom. The molecule has 4 saturated carbocycles. The number of nitrogens with zero attached hydrogens (tertiary/aromatic N) is 3. The molecule has 0 unspecified atom stereocenters. The standard InChI is InChI=1S/C23H29N3O2/c24-14-17-1-3-18(4-2-17)15-25-5-7-26(8-6-25)21(27)22-10-19-9-20(11-22)13-23(28,12-19)16-22/h1-4,19-20,28H,5-13,15-16H2/t19-,20-,22?,23?/m1/s1. The van der Waals surface area contributed by atoms with Crippen molar-refractivity contribution in [1.82, 2.24) is 9.80 Å². The fourth-order valence-electron chi connectivity index (χ4n) is 6.85. The highest BCUT2D eigenvalue weighted by Gasteiger charge is 2.60. The lowest BCUT2D eigenvalue weighted by Crippen LogP contribution is -2.62. The summed E-state index contributed by atoms with van der Waals surface area (Å²) in [6.07, 6.45) is 5.73. The van der Waals surface area contributed by atoms with Crippen LogP contribution in [0.1, 0.15) is 49.7 Å². The van der Waals surface area contributed by atoms with Gasteiger partial charge in [0.15, 0.2) is 0 Å². The van der Waals surface area contributed by atoms with Gasteiger partial charge in [-0.3, -0.25) is 9.69 Å². The van der Waals surface area contributed by atoms with Crippen molar-refractivity contribution in [2.45, 2.75) is 50.7 Å². The van der Waals surface area contributed by atoms with Gasteiger partial charge in [0.2, 0.25) is 5.91 Å². The second-order valence-corrected chi connectivity index (χ2v) is 9.84. The van der Waals surface area contributed by atoms with Gasteiger partial charge in [-0.05, 0) is 68.1 Å². The summed E-state index contributed by atoms with van der Waals surface area (Å²) in [5.41, 5.74) is 1.05. The maximum atomic E-state index is 13.5. The molecule has 4 bridgehead atoms. The van der Waals surface area contributed by atoms with Crippen molar-refractivity contribution >= 4 is 5.91 Å². The van der Waals surface area contributed by atoms with E-state index in [9.17, 15) is 9.90 Å². The van der Waals surface area contributed by atoms with Crippen LogP contribution < -0.4 is 0 Å². The Morgan fingerprint density at radius 2 is 1.71 bits per heavy atom. The molecular formula is C23H29N3O2. The van der Waals surface area contributed by atoms with E-state index in [1.807, 2.05) is 24.3 Å². The van der Waals surface area contributed by atoms with Crippen LogP contribution in [0.3, 0.4) is 0 Å². The largest absolute Gasteiger partial charge is 0.390 e. The van der Waals surface area contributed by atoms with Crippen LogP contribution in [0.2, 0.25) is 0 Å². The Balaban J connectivity index is 1.21. The number of amides is 1. The number of carbonyl (C=O) groups is 1. The van der Waals surface area contributed by atoms with Crippen molar-refractivity contribution in [1.29, 1.82) is 5.26 Å². The number of nitriles is 1. The molecule has 6 rings (SSSR count). The number of piperazine rings is 1. The Bertz CT molecular complexity index is 790. The zero-order chi connectivity index (χ0) is 19.4. The van der Waals surface area contributed by atoms with Crippen LogP contribution in [-0.4, -0.2) is 52.6 Å². The molecule has 1 N–H and O–H groups in total. The van der Waals surface area contributed by atoms with Crippen LogP contribution in [0.5, 0.6) is 0 Å². The van der Waals surface area contributed by atoms with Gasteiger partial charge in [0, 0.05) is 32.7 Å². The summed E-state index contributed by atoms with van der Waals surface area (Å²) in [6.45, 7) is 4.20. The lowest BCUT2D eigenvalue weighted by molar-refractivity contribution is -0.187. The first-order valence-electron chi connectivity index (χ1n) is 10.7. The Hall–Kier alpha value is -1.90. The third-order valence-electron chi connectivity index (χ3n) is 7.63. The molecule has 1 aromatic carbocycles. The molecule has 148 valence electrons. The molecule has 1 saturated heterocycles. The first kappa shape index (κ1) is 18.1. The normalized spacial score (nSPS) is 37.1. The van der Waals surface area contributed by atoms with Crippen LogP contribution >= 0.6 is 0 Å². The van der Waals surface area contributed by atoms with Gasteiger partial charge in [-0.25, -0.2) is 0 Å². The van der Waals surface area contributed by atoms with Crippen molar-refractivity contribution in [2.75, 3.05) is 26.2 Å². The van der Waals surface area contributed by atoms with E-state index in [0.717, 1.165) is 58.4 Å². The van der Waals surface area contributed by atoms with Crippen molar-refractivity contribution in [2.24, 2.45) is 17.3 Å². The van der Waals surface area contributed by atoms with E-state index >= 15 is 0 Å². The number of hydrogen-bond donors (Lipinski definition) is 1. The van der Waals surface area contributed by atoms with E-state index in [1.54, 1.807) is 0 Å². The van der Waals surface area contributed by atoms with Crippen molar-refractivity contribution < 1.29 is 9.90 Å². The summed E-state index contributed by atoms with van der Waals surface area (Å²) in [5, 5.41) is 19.9. The summed E-state index contributed by atoms with van der Waals surface area (Å²) >= 11 is 0. The average molecular weight is 380 g/mol. The van der Waals surface area contributed by atoms with Crippen LogP contribution in [-0.2, 0) is 11.3 Å². The summed E-state index contributed by atoms with van der Waals surface area (Å²) in [7, 11) is 0. The molecule has 5 nitrogen and oxygen atoms in total. The molecule has 1 aromatic rings. The molecule has 0 aromatic heterocycles. The van der Waals surface area contributed by atoms with E-state index < -0.39 is 5.60 Å². The predicted molar refractivity (Wildman–Crippen MR) is 105 cm³/mol. The lowest BCUT2D eigenvalue weighted by atomic mass is 9.47. The van der Waals surface area contributed by atoms with Gasteiger partial charge < -0.3 is 10.0 Å². The second kappa shape index (κ2) is 6.57. The molecule has 5 fully saturated rings. The monoisotopic (exact) mass is 379 g/mol. The van der Waals surface area contributed by atoms with Crippen LogP contribution in [0.15, 0.2) is 24.3 Å². The van der Waals surface area contributed by atoms with Crippen molar-refractivity contribution in [3.05, 3.63) is 35.4 Å². The Kier molecular flexibility index (Phi) is 4.26. The highest BCUT2D eigenvalue weighted by molar-refractivity contribution is 5.83. The molecule has 1 aliphatic heterocycles. The van der Waals surface area contributed by atoms with E-state index in [-0.39, 0.29) is 5.41 Å². The molecule has 1 heterocycles. The molecule has 5 aliphatic rings. The fourth-order valence-corrected chi connectivity index (χ4v) is 6.85. The third kappa shape index (κ3) is 3.13. The van der Waals surface area contributed by atoms with Crippen molar-refractivity contribution in [3.8, 4) is 6.07 Å². The van der Waals surface area contributed by atoms with Gasteiger partial charge in [-0.2, -0.15) is 5.26 Å². The Labute approximate surface area is 166 Å². The summed E-state index contributed by atoms with van der Waals surface area (Å²) in [5.74, 6) is 1.42. The topological polar surface area (TPSA) is 67.6 Å². The van der Waals surface area contributed by atoms with Gasteiger partial charge in [0.05, 0.1) is 22.6 Å². The highest BCUT2D eigenvalue weighted by Crippen LogP contribution is 2.62. The Morgan fingerprint density at radius 1 is 1.07 bits per heavy atom. The van der Waals surface area contributed by atoms with E-state index in [2.05, 4.69) is 15.9 Å². The predicted octanol–water partition coefficient (Wildman–Crippen LogP) is 2.53. The van der Waals surface area contributed by atoms with E-state index in [1.165, 1.54) is 12.0 Å². The maximum absolute atomic E-state index is 13.5. The van der Waals surface area contributed by atoms with E-state index in [4.69, 9.17) is 5.26 Å².